The molecule has 8 nitrogen and oxygen atoms in total. The summed E-state index contributed by atoms with van der Waals surface area (Å²) in [6.07, 6.45) is 0.684. The van der Waals surface area contributed by atoms with Crippen molar-refractivity contribution < 1.29 is 9.59 Å². The maximum atomic E-state index is 12.2. The Morgan fingerprint density at radius 1 is 1.41 bits per heavy atom. The smallest absolute Gasteiger partial charge is 0.166 e. The van der Waals surface area contributed by atoms with Gasteiger partial charge < -0.3 is 10.6 Å². The molecule has 0 aliphatic carbocycles. The number of nitrogens with one attached hydrogen (secondary N) is 2. The lowest BCUT2D eigenvalue weighted by Crippen LogP contribution is -2.54. The first-order valence-corrected chi connectivity index (χ1v) is 7.43. The minimum Gasteiger partial charge on any atom is -0.313 e. The van der Waals surface area contributed by atoms with Crippen molar-refractivity contribution in [2.75, 3.05) is 40.3 Å². The summed E-state index contributed by atoms with van der Waals surface area (Å²) in [5.41, 5.74) is 7.47. The fourth-order valence-electron chi connectivity index (χ4n) is 1.78. The van der Waals surface area contributed by atoms with Gasteiger partial charge in [-0.1, -0.05) is 5.11 Å². The van der Waals surface area contributed by atoms with E-state index in [1.54, 1.807) is 25.9 Å². The molecule has 0 spiro atoms. The average molecular weight is 312 g/mol. The highest BCUT2D eigenvalue weighted by molar-refractivity contribution is 5.91. The van der Waals surface area contributed by atoms with Crippen molar-refractivity contribution in [3.63, 3.8) is 0 Å². The summed E-state index contributed by atoms with van der Waals surface area (Å²) in [6, 6.07) is -0.302. The second-order valence-electron chi connectivity index (χ2n) is 5.82. The quantitative estimate of drug-likeness (QED) is 0.239. The summed E-state index contributed by atoms with van der Waals surface area (Å²) in [6.45, 7) is 6.93. The number of nitrogens with zero attached hydrogens (tertiary/aromatic N) is 4. The number of Topliss-reactive ketones (excluding diaryl/α,β-unsaturated/α-hetero) is 2. The molecule has 0 aliphatic rings. The van der Waals surface area contributed by atoms with Crippen molar-refractivity contribution in [2.24, 2.45) is 5.11 Å². The van der Waals surface area contributed by atoms with Gasteiger partial charge in [0.05, 0.1) is 24.7 Å². The van der Waals surface area contributed by atoms with Gasteiger partial charge in [-0.15, -0.1) is 0 Å². The molecule has 22 heavy (non-hydrogen) atoms. The molecule has 0 aromatic carbocycles. The summed E-state index contributed by atoms with van der Waals surface area (Å²) in [4.78, 5) is 28.7. The van der Waals surface area contributed by atoms with Crippen LogP contribution in [0, 0.1) is 0 Å². The summed E-state index contributed by atoms with van der Waals surface area (Å²) in [7, 11) is 3.50. The molecule has 0 bridgehead atoms. The Balaban J connectivity index is 4.32. The van der Waals surface area contributed by atoms with E-state index in [4.69, 9.17) is 5.53 Å². The highest BCUT2D eigenvalue weighted by Crippen LogP contribution is 2.13. The molecule has 0 rings (SSSR count). The monoisotopic (exact) mass is 312 g/mol. The molecule has 0 aromatic heterocycles. The van der Waals surface area contributed by atoms with E-state index in [-0.39, 0.29) is 30.7 Å². The summed E-state index contributed by atoms with van der Waals surface area (Å²) >= 11 is 0. The predicted octanol–water partition coefficient (Wildman–Crippen LogP) is 0.733. The Hall–Kier alpha value is -1.47. The normalized spacial score (nSPS) is 12.8. The van der Waals surface area contributed by atoms with Gasteiger partial charge in [-0.25, -0.2) is 0 Å². The third-order valence-electron chi connectivity index (χ3n) is 3.80. The number of azide groups is 1. The van der Waals surface area contributed by atoms with E-state index >= 15 is 0 Å². The zero-order valence-corrected chi connectivity index (χ0v) is 14.2. The van der Waals surface area contributed by atoms with Crippen molar-refractivity contribution in [1.82, 2.24) is 15.5 Å². The number of carbonyl (C=O) groups excluding carboxylic acids is 2. The highest BCUT2D eigenvalue weighted by atomic mass is 16.1. The minimum atomic E-state index is -0.695. The number of carbonyl (C=O) groups is 2. The van der Waals surface area contributed by atoms with Crippen LogP contribution >= 0.6 is 0 Å². The summed E-state index contributed by atoms with van der Waals surface area (Å²) in [5, 5.41) is 9.37. The molecule has 0 amide bonds. The third kappa shape index (κ3) is 7.00. The number of ketones is 2. The van der Waals surface area contributed by atoms with Gasteiger partial charge in [0.2, 0.25) is 0 Å². The van der Waals surface area contributed by atoms with Crippen molar-refractivity contribution in [3.8, 4) is 0 Å². The number of hydrogen-bond donors (Lipinski definition) is 2. The minimum absolute atomic E-state index is 0.0246. The van der Waals surface area contributed by atoms with Crippen molar-refractivity contribution in [3.05, 3.63) is 10.4 Å². The SMILES string of the molecule is CNCC(=O)C(C)(C)N(C)CC(=O)C(C)NCCCN=[N+]=[N-]. The number of likely N-dealkylation sites (N-methyl/N-ethyl adjacent to an activating group) is 2. The molecule has 0 aliphatic heterocycles. The van der Waals surface area contributed by atoms with Gasteiger partial charge in [0.15, 0.2) is 11.6 Å². The Morgan fingerprint density at radius 2 is 2.05 bits per heavy atom. The molecular formula is C14H28N6O2. The van der Waals surface area contributed by atoms with Crippen LogP contribution in [0.1, 0.15) is 27.2 Å². The van der Waals surface area contributed by atoms with E-state index in [9.17, 15) is 9.59 Å². The lowest BCUT2D eigenvalue weighted by Gasteiger charge is -2.34. The third-order valence-corrected chi connectivity index (χ3v) is 3.80. The van der Waals surface area contributed by atoms with Crippen molar-refractivity contribution in [2.45, 2.75) is 38.8 Å². The van der Waals surface area contributed by atoms with Crippen LogP contribution in [0.5, 0.6) is 0 Å². The molecule has 1 unspecified atom stereocenters. The first kappa shape index (κ1) is 20.5. The van der Waals surface area contributed by atoms with E-state index in [0.717, 1.165) is 0 Å². The molecule has 0 saturated heterocycles. The van der Waals surface area contributed by atoms with Gasteiger partial charge in [0.1, 0.15) is 0 Å². The Bertz CT molecular complexity index is 418. The van der Waals surface area contributed by atoms with Gasteiger partial charge >= 0.3 is 0 Å². The molecule has 2 N–H and O–H groups in total. The fourth-order valence-corrected chi connectivity index (χ4v) is 1.78. The van der Waals surface area contributed by atoms with Crippen LogP contribution in [0.4, 0.5) is 0 Å². The van der Waals surface area contributed by atoms with Crippen LogP contribution in [0.2, 0.25) is 0 Å². The predicted molar refractivity (Wildman–Crippen MR) is 86.7 cm³/mol. The Morgan fingerprint density at radius 3 is 2.59 bits per heavy atom. The molecule has 1 atom stereocenters. The number of rotatable bonds is 12. The lowest BCUT2D eigenvalue weighted by molar-refractivity contribution is -0.130. The highest BCUT2D eigenvalue weighted by Gasteiger charge is 2.32. The van der Waals surface area contributed by atoms with E-state index in [0.29, 0.717) is 19.5 Å². The molecule has 0 fully saturated rings. The molecule has 0 aromatic rings. The molecule has 8 heteroatoms. The largest absolute Gasteiger partial charge is 0.313 e. The second-order valence-corrected chi connectivity index (χ2v) is 5.82. The van der Waals surface area contributed by atoms with Crippen LogP contribution in [0.3, 0.4) is 0 Å². The number of hydrogen-bond acceptors (Lipinski definition) is 6. The summed E-state index contributed by atoms with van der Waals surface area (Å²) in [5.74, 6) is 0.0666. The van der Waals surface area contributed by atoms with E-state index in [2.05, 4.69) is 20.7 Å². The van der Waals surface area contributed by atoms with Crippen LogP contribution in [0.15, 0.2) is 5.11 Å². The van der Waals surface area contributed by atoms with Gasteiger partial charge in [-0.05, 0) is 53.4 Å². The zero-order chi connectivity index (χ0) is 17.2. The zero-order valence-electron chi connectivity index (χ0n) is 14.2. The second kappa shape index (κ2) is 10.3. The molecular weight excluding hydrogens is 284 g/mol. The van der Waals surface area contributed by atoms with E-state index < -0.39 is 5.54 Å². The maximum absolute atomic E-state index is 12.2. The van der Waals surface area contributed by atoms with Gasteiger partial charge in [0.25, 0.3) is 0 Å². The topological polar surface area (TPSA) is 110 Å². The Kier molecular flexibility index (Phi) is 9.60. The van der Waals surface area contributed by atoms with Crippen LogP contribution < -0.4 is 10.6 Å². The molecule has 0 radical (unpaired) electrons. The molecule has 0 heterocycles. The molecule has 126 valence electrons. The van der Waals surface area contributed by atoms with Crippen molar-refractivity contribution in [1.29, 1.82) is 0 Å². The first-order chi connectivity index (χ1) is 10.3. The lowest BCUT2D eigenvalue weighted by atomic mass is 9.96. The standard InChI is InChI=1S/C14H28N6O2/c1-11(17-7-6-8-18-19-15)12(21)10-20(5)14(2,3)13(22)9-16-4/h11,16-17H,6-10H2,1-5H3. The summed E-state index contributed by atoms with van der Waals surface area (Å²) < 4.78 is 0. The van der Waals surface area contributed by atoms with E-state index in [1.165, 1.54) is 0 Å². The molecule has 0 saturated carbocycles. The van der Waals surface area contributed by atoms with Crippen LogP contribution in [0.25, 0.3) is 10.4 Å². The van der Waals surface area contributed by atoms with Crippen molar-refractivity contribution >= 4 is 11.6 Å². The average Bonchev–Trinajstić information content (AvgIpc) is 2.46. The van der Waals surface area contributed by atoms with Crippen LogP contribution in [-0.2, 0) is 9.59 Å². The fraction of sp³-hybridized carbons (Fsp3) is 0.857. The first-order valence-electron chi connectivity index (χ1n) is 7.43. The van der Waals surface area contributed by atoms with Crippen LogP contribution in [-0.4, -0.2) is 68.3 Å². The van der Waals surface area contributed by atoms with E-state index in [1.807, 2.05) is 13.8 Å². The maximum Gasteiger partial charge on any atom is 0.166 e. The van der Waals surface area contributed by atoms with Gasteiger partial charge in [-0.3, -0.25) is 14.5 Å². The Labute approximate surface area is 132 Å². The van der Waals surface area contributed by atoms with Gasteiger partial charge in [0, 0.05) is 11.5 Å². The van der Waals surface area contributed by atoms with Gasteiger partial charge in [-0.2, -0.15) is 0 Å².